The largest absolute Gasteiger partial charge is 0.497 e. The first-order valence-electron chi connectivity index (χ1n) is 12.4. The van der Waals surface area contributed by atoms with Gasteiger partial charge in [-0.25, -0.2) is 0 Å². The number of carbonyl (C=O) groups is 1. The van der Waals surface area contributed by atoms with Crippen molar-refractivity contribution in [3.8, 4) is 23.0 Å². The van der Waals surface area contributed by atoms with E-state index in [1.807, 2.05) is 48.5 Å². The SMILES string of the molecule is COc1ccc2c(c1)C(CCCN(C)C1Cc3cc(OC)c(OC)cc3C1)(c1ccccc1)C(=O)O2. The van der Waals surface area contributed by atoms with Crippen molar-refractivity contribution in [1.29, 1.82) is 0 Å². The van der Waals surface area contributed by atoms with Crippen LogP contribution < -0.4 is 18.9 Å². The zero-order chi connectivity index (χ0) is 25.3. The van der Waals surface area contributed by atoms with Gasteiger partial charge in [0.2, 0.25) is 0 Å². The minimum absolute atomic E-state index is 0.216. The van der Waals surface area contributed by atoms with Crippen LogP contribution in [-0.2, 0) is 23.1 Å². The van der Waals surface area contributed by atoms with E-state index in [1.165, 1.54) is 11.1 Å². The normalized spacial score (nSPS) is 18.6. The Morgan fingerprint density at radius 3 is 2.19 bits per heavy atom. The molecule has 0 amide bonds. The van der Waals surface area contributed by atoms with Crippen LogP contribution in [0.25, 0.3) is 0 Å². The van der Waals surface area contributed by atoms with Gasteiger partial charge in [-0.1, -0.05) is 30.3 Å². The van der Waals surface area contributed by atoms with Crippen LogP contribution in [0.3, 0.4) is 0 Å². The number of benzene rings is 3. The number of ether oxygens (including phenoxy) is 4. The Bertz CT molecular complexity index is 1220. The second-order valence-electron chi connectivity index (χ2n) is 9.65. The van der Waals surface area contributed by atoms with Crippen LogP contribution in [0.15, 0.2) is 60.7 Å². The summed E-state index contributed by atoms with van der Waals surface area (Å²) >= 11 is 0. The van der Waals surface area contributed by atoms with Gasteiger partial charge in [0.15, 0.2) is 11.5 Å². The summed E-state index contributed by atoms with van der Waals surface area (Å²) in [6, 6.07) is 20.2. The van der Waals surface area contributed by atoms with Crippen molar-refractivity contribution in [1.82, 2.24) is 4.90 Å². The van der Waals surface area contributed by atoms with Crippen molar-refractivity contribution in [3.05, 3.63) is 82.9 Å². The number of likely N-dealkylation sites (N-methyl/N-ethyl adjacent to an activating group) is 1. The number of hydrogen-bond acceptors (Lipinski definition) is 6. The topological polar surface area (TPSA) is 57.2 Å². The average molecular weight is 488 g/mol. The molecule has 3 aromatic rings. The Hall–Kier alpha value is -3.51. The summed E-state index contributed by atoms with van der Waals surface area (Å²) < 4.78 is 22.3. The van der Waals surface area contributed by atoms with Gasteiger partial charge in [-0.15, -0.1) is 0 Å². The lowest BCUT2D eigenvalue weighted by molar-refractivity contribution is -0.137. The van der Waals surface area contributed by atoms with E-state index in [0.717, 1.165) is 54.2 Å². The van der Waals surface area contributed by atoms with Crippen molar-refractivity contribution >= 4 is 5.97 Å². The van der Waals surface area contributed by atoms with Gasteiger partial charge in [-0.05, 0) is 86.3 Å². The van der Waals surface area contributed by atoms with E-state index in [1.54, 1.807) is 21.3 Å². The first kappa shape index (κ1) is 24.2. The van der Waals surface area contributed by atoms with Gasteiger partial charge in [0.05, 0.1) is 21.3 Å². The smallest absolute Gasteiger partial charge is 0.326 e. The molecular formula is C30H33NO5. The summed E-state index contributed by atoms with van der Waals surface area (Å²) in [4.78, 5) is 15.9. The van der Waals surface area contributed by atoms with Gasteiger partial charge in [0.25, 0.3) is 0 Å². The van der Waals surface area contributed by atoms with Crippen molar-refractivity contribution in [2.24, 2.45) is 0 Å². The molecular weight excluding hydrogens is 454 g/mol. The maximum atomic E-state index is 13.5. The first-order chi connectivity index (χ1) is 17.5. The standard InChI is InChI=1S/C30H33NO5/c1-31(23-15-20-17-27(34-3)28(35-4)18-21(20)16-23)14-8-13-30(22-9-6-5-7-10-22)25-19-24(33-2)11-12-26(25)36-29(30)32/h5-7,9-12,17-19,23H,8,13-16H2,1-4H3. The zero-order valence-electron chi connectivity index (χ0n) is 21.4. The predicted octanol–water partition coefficient (Wildman–Crippen LogP) is 4.80. The number of fused-ring (bicyclic) bond motifs is 2. The Morgan fingerprint density at radius 1 is 0.917 bits per heavy atom. The van der Waals surface area contributed by atoms with E-state index >= 15 is 0 Å². The van der Waals surface area contributed by atoms with E-state index in [-0.39, 0.29) is 5.97 Å². The third-order valence-corrected chi connectivity index (χ3v) is 7.77. The van der Waals surface area contributed by atoms with Gasteiger partial charge < -0.3 is 23.8 Å². The average Bonchev–Trinajstić information content (AvgIpc) is 3.46. The molecule has 0 spiro atoms. The Balaban J connectivity index is 1.34. The molecule has 0 saturated heterocycles. The second kappa shape index (κ2) is 9.86. The summed E-state index contributed by atoms with van der Waals surface area (Å²) in [5.74, 6) is 2.68. The van der Waals surface area contributed by atoms with E-state index in [9.17, 15) is 4.79 Å². The lowest BCUT2D eigenvalue weighted by atomic mass is 9.72. The fourth-order valence-electron chi connectivity index (χ4n) is 5.74. The van der Waals surface area contributed by atoms with Crippen LogP contribution in [0, 0.1) is 0 Å². The highest BCUT2D eigenvalue weighted by molar-refractivity contribution is 5.94. The second-order valence-corrected chi connectivity index (χ2v) is 9.65. The van der Waals surface area contributed by atoms with Crippen LogP contribution in [0.5, 0.6) is 23.0 Å². The maximum Gasteiger partial charge on any atom is 0.326 e. The molecule has 1 unspecified atom stereocenters. The van der Waals surface area contributed by atoms with Gasteiger partial charge in [-0.2, -0.15) is 0 Å². The quantitative estimate of drug-likeness (QED) is 0.319. The molecule has 5 rings (SSSR count). The lowest BCUT2D eigenvalue weighted by Crippen LogP contribution is -2.38. The number of methoxy groups -OCH3 is 3. The third kappa shape index (κ3) is 4.09. The molecule has 6 heteroatoms. The van der Waals surface area contributed by atoms with E-state index in [0.29, 0.717) is 18.2 Å². The van der Waals surface area contributed by atoms with Gasteiger partial charge in [0, 0.05) is 11.6 Å². The number of hydrogen-bond donors (Lipinski definition) is 0. The van der Waals surface area contributed by atoms with Gasteiger partial charge in [-0.3, -0.25) is 4.79 Å². The number of rotatable bonds is 9. The molecule has 1 heterocycles. The van der Waals surface area contributed by atoms with E-state index < -0.39 is 5.41 Å². The summed E-state index contributed by atoms with van der Waals surface area (Å²) in [5.41, 5.74) is 3.62. The van der Waals surface area contributed by atoms with Gasteiger partial charge >= 0.3 is 5.97 Å². The predicted molar refractivity (Wildman–Crippen MR) is 138 cm³/mol. The summed E-state index contributed by atoms with van der Waals surface area (Å²) in [5, 5.41) is 0. The van der Waals surface area contributed by atoms with Crippen LogP contribution in [0.1, 0.15) is 35.1 Å². The highest BCUT2D eigenvalue weighted by atomic mass is 16.5. The molecule has 0 fully saturated rings. The third-order valence-electron chi connectivity index (χ3n) is 7.77. The minimum atomic E-state index is -0.842. The monoisotopic (exact) mass is 487 g/mol. The highest BCUT2D eigenvalue weighted by Crippen LogP contribution is 2.48. The zero-order valence-corrected chi connectivity index (χ0v) is 21.4. The molecule has 1 aliphatic carbocycles. The molecule has 0 N–H and O–H groups in total. The van der Waals surface area contributed by atoms with E-state index in [2.05, 4.69) is 24.1 Å². The van der Waals surface area contributed by atoms with E-state index in [4.69, 9.17) is 18.9 Å². The summed E-state index contributed by atoms with van der Waals surface area (Å²) in [6.45, 7) is 0.869. The lowest BCUT2D eigenvalue weighted by Gasteiger charge is -2.29. The molecule has 0 radical (unpaired) electrons. The molecule has 0 aromatic heterocycles. The first-order valence-corrected chi connectivity index (χ1v) is 12.4. The van der Waals surface area contributed by atoms with Crippen LogP contribution in [-0.4, -0.2) is 51.8 Å². The maximum absolute atomic E-state index is 13.5. The highest BCUT2D eigenvalue weighted by Gasteiger charge is 2.50. The number of carbonyl (C=O) groups excluding carboxylic acids is 1. The van der Waals surface area contributed by atoms with Crippen LogP contribution in [0.4, 0.5) is 0 Å². The van der Waals surface area contributed by atoms with Crippen molar-refractivity contribution < 1.29 is 23.7 Å². The number of nitrogens with zero attached hydrogens (tertiary/aromatic N) is 1. The molecule has 0 saturated carbocycles. The fraction of sp³-hybridized carbons (Fsp3) is 0.367. The Labute approximate surface area is 212 Å². The molecule has 36 heavy (non-hydrogen) atoms. The minimum Gasteiger partial charge on any atom is -0.497 e. The molecule has 188 valence electrons. The van der Waals surface area contributed by atoms with Crippen molar-refractivity contribution in [3.63, 3.8) is 0 Å². The molecule has 2 aliphatic rings. The molecule has 1 atom stereocenters. The van der Waals surface area contributed by atoms with Crippen LogP contribution >= 0.6 is 0 Å². The van der Waals surface area contributed by atoms with Gasteiger partial charge in [0.1, 0.15) is 16.9 Å². The van der Waals surface area contributed by atoms with Crippen LogP contribution in [0.2, 0.25) is 0 Å². The number of esters is 1. The Morgan fingerprint density at radius 2 is 1.58 bits per heavy atom. The fourth-order valence-corrected chi connectivity index (χ4v) is 5.74. The summed E-state index contributed by atoms with van der Waals surface area (Å²) in [6.07, 6.45) is 3.44. The molecule has 6 nitrogen and oxygen atoms in total. The molecule has 3 aromatic carbocycles. The van der Waals surface area contributed by atoms with Crippen molar-refractivity contribution in [2.75, 3.05) is 34.9 Å². The molecule has 1 aliphatic heterocycles. The Kier molecular flexibility index (Phi) is 6.63. The summed E-state index contributed by atoms with van der Waals surface area (Å²) in [7, 11) is 7.16. The molecule has 0 bridgehead atoms. The van der Waals surface area contributed by atoms with Crippen molar-refractivity contribution in [2.45, 2.75) is 37.1 Å².